The van der Waals surface area contributed by atoms with Gasteiger partial charge in [-0.25, -0.2) is 18.0 Å². The molecule has 2 N–H and O–H groups in total. The standard InChI is InChI=1S/C14H15ClF3NO3/c1-14(2,8-4-3-7(15)5-9(8)16)13(22)19-10(12(20)21)6-11(17)18/h3-5,10-11H,6H2,1-2H3,(H,19,22)(H,20,21). The summed E-state index contributed by atoms with van der Waals surface area (Å²) in [5.41, 5.74) is -1.47. The van der Waals surface area contributed by atoms with Crippen molar-refractivity contribution in [3.8, 4) is 0 Å². The first-order valence-corrected chi connectivity index (χ1v) is 6.71. The Balaban J connectivity index is 3.00. The molecule has 0 saturated heterocycles. The monoisotopic (exact) mass is 337 g/mol. The number of hydrogen-bond donors (Lipinski definition) is 2. The predicted octanol–water partition coefficient (Wildman–Crippen LogP) is 2.98. The van der Waals surface area contributed by atoms with E-state index in [0.29, 0.717) is 0 Å². The molecule has 1 atom stereocenters. The molecule has 1 unspecified atom stereocenters. The number of amides is 1. The van der Waals surface area contributed by atoms with Crippen LogP contribution in [0.1, 0.15) is 25.8 Å². The highest BCUT2D eigenvalue weighted by atomic mass is 35.5. The van der Waals surface area contributed by atoms with Crippen LogP contribution < -0.4 is 5.32 Å². The molecule has 0 radical (unpaired) electrons. The van der Waals surface area contributed by atoms with Gasteiger partial charge in [0.15, 0.2) is 0 Å². The molecule has 1 amide bonds. The van der Waals surface area contributed by atoms with Crippen molar-refractivity contribution >= 4 is 23.5 Å². The van der Waals surface area contributed by atoms with E-state index in [2.05, 4.69) is 0 Å². The first kappa shape index (κ1) is 18.3. The molecule has 0 aliphatic heterocycles. The van der Waals surface area contributed by atoms with E-state index in [1.165, 1.54) is 26.0 Å². The molecule has 0 aliphatic carbocycles. The van der Waals surface area contributed by atoms with Gasteiger partial charge in [0.25, 0.3) is 0 Å². The van der Waals surface area contributed by atoms with Gasteiger partial charge in [0.05, 0.1) is 5.41 Å². The van der Waals surface area contributed by atoms with Crippen LogP contribution in [-0.4, -0.2) is 29.5 Å². The predicted molar refractivity (Wildman–Crippen MR) is 74.6 cm³/mol. The van der Waals surface area contributed by atoms with Gasteiger partial charge >= 0.3 is 5.97 Å². The normalized spacial score (nSPS) is 13.0. The maximum atomic E-state index is 13.9. The number of nitrogens with one attached hydrogen (secondary N) is 1. The molecule has 122 valence electrons. The number of rotatable bonds is 6. The van der Waals surface area contributed by atoms with Crippen LogP contribution in [0.3, 0.4) is 0 Å². The minimum absolute atomic E-state index is 0.0180. The number of alkyl halides is 2. The van der Waals surface area contributed by atoms with E-state index in [-0.39, 0.29) is 10.6 Å². The van der Waals surface area contributed by atoms with E-state index >= 15 is 0 Å². The molecule has 0 bridgehead atoms. The quantitative estimate of drug-likeness (QED) is 0.838. The second-order valence-corrected chi connectivity index (χ2v) is 5.68. The molecule has 0 spiro atoms. The molecule has 0 fully saturated rings. The third-order valence-electron chi connectivity index (χ3n) is 3.19. The Kier molecular flexibility index (Phi) is 5.82. The van der Waals surface area contributed by atoms with Crippen LogP contribution in [-0.2, 0) is 15.0 Å². The Bertz CT molecular complexity index is 578. The summed E-state index contributed by atoms with van der Waals surface area (Å²) in [6.07, 6.45) is -3.92. The zero-order valence-electron chi connectivity index (χ0n) is 11.9. The largest absolute Gasteiger partial charge is 0.480 e. The SMILES string of the molecule is CC(C)(C(=O)NC(CC(F)F)C(=O)O)c1ccc(Cl)cc1F. The highest BCUT2D eigenvalue weighted by Crippen LogP contribution is 2.28. The zero-order valence-corrected chi connectivity index (χ0v) is 12.6. The van der Waals surface area contributed by atoms with Crippen molar-refractivity contribution in [1.82, 2.24) is 5.32 Å². The first-order valence-electron chi connectivity index (χ1n) is 6.33. The summed E-state index contributed by atoms with van der Waals surface area (Å²) in [5, 5.41) is 11.0. The number of benzene rings is 1. The van der Waals surface area contributed by atoms with Crippen molar-refractivity contribution in [2.75, 3.05) is 0 Å². The third-order valence-corrected chi connectivity index (χ3v) is 3.42. The van der Waals surface area contributed by atoms with Crippen molar-refractivity contribution in [2.24, 2.45) is 0 Å². The van der Waals surface area contributed by atoms with Crippen LogP contribution in [0.4, 0.5) is 13.2 Å². The molecule has 8 heteroatoms. The van der Waals surface area contributed by atoms with Crippen molar-refractivity contribution in [3.05, 3.63) is 34.6 Å². The number of carboxylic acid groups (broad SMARTS) is 1. The highest BCUT2D eigenvalue weighted by Gasteiger charge is 2.35. The van der Waals surface area contributed by atoms with Gasteiger partial charge in [-0.3, -0.25) is 4.79 Å². The topological polar surface area (TPSA) is 66.4 Å². The van der Waals surface area contributed by atoms with Crippen LogP contribution in [0.2, 0.25) is 5.02 Å². The Morgan fingerprint density at radius 2 is 1.95 bits per heavy atom. The van der Waals surface area contributed by atoms with Crippen LogP contribution >= 0.6 is 11.6 Å². The van der Waals surface area contributed by atoms with Crippen LogP contribution in [0.5, 0.6) is 0 Å². The molecular formula is C14H15ClF3NO3. The second-order valence-electron chi connectivity index (χ2n) is 5.24. The molecular weight excluding hydrogens is 323 g/mol. The fourth-order valence-electron chi connectivity index (χ4n) is 1.86. The molecule has 1 aromatic carbocycles. The van der Waals surface area contributed by atoms with Crippen molar-refractivity contribution < 1.29 is 27.9 Å². The Morgan fingerprint density at radius 1 is 1.36 bits per heavy atom. The van der Waals surface area contributed by atoms with Gasteiger partial charge in [-0.05, 0) is 26.0 Å². The number of carbonyl (C=O) groups is 2. The number of aliphatic carboxylic acids is 1. The smallest absolute Gasteiger partial charge is 0.326 e. The first-order chi connectivity index (χ1) is 10.1. The van der Waals surface area contributed by atoms with Gasteiger partial charge in [0.1, 0.15) is 11.9 Å². The van der Waals surface area contributed by atoms with E-state index in [4.69, 9.17) is 16.7 Å². The number of carbonyl (C=O) groups excluding carboxylic acids is 1. The molecule has 0 aliphatic rings. The van der Waals surface area contributed by atoms with E-state index in [9.17, 15) is 22.8 Å². The van der Waals surface area contributed by atoms with Gasteiger partial charge in [-0.15, -0.1) is 0 Å². The summed E-state index contributed by atoms with van der Waals surface area (Å²) in [5.74, 6) is -3.20. The minimum Gasteiger partial charge on any atom is -0.480 e. The van der Waals surface area contributed by atoms with Crippen LogP contribution in [0.25, 0.3) is 0 Å². The maximum absolute atomic E-state index is 13.9. The van der Waals surface area contributed by atoms with Crippen LogP contribution in [0.15, 0.2) is 18.2 Å². The molecule has 4 nitrogen and oxygen atoms in total. The molecule has 0 aromatic heterocycles. The molecule has 0 saturated carbocycles. The Labute approximate surface area is 130 Å². The van der Waals surface area contributed by atoms with Gasteiger partial charge in [0.2, 0.25) is 12.3 Å². The van der Waals surface area contributed by atoms with Crippen LogP contribution in [0, 0.1) is 5.82 Å². The molecule has 1 rings (SSSR count). The van der Waals surface area contributed by atoms with Gasteiger partial charge in [-0.2, -0.15) is 0 Å². The van der Waals surface area contributed by atoms with Crippen molar-refractivity contribution in [3.63, 3.8) is 0 Å². The lowest BCUT2D eigenvalue weighted by molar-refractivity contribution is -0.143. The number of halogens is 4. The minimum atomic E-state index is -2.89. The highest BCUT2D eigenvalue weighted by molar-refractivity contribution is 6.30. The molecule has 0 heterocycles. The van der Waals surface area contributed by atoms with E-state index < -0.39 is 42.0 Å². The lowest BCUT2D eigenvalue weighted by atomic mass is 9.83. The Hall–Kier alpha value is -1.76. The number of carboxylic acids is 1. The summed E-state index contributed by atoms with van der Waals surface area (Å²) in [6.45, 7) is 2.71. The maximum Gasteiger partial charge on any atom is 0.326 e. The molecule has 1 aromatic rings. The Morgan fingerprint density at radius 3 is 2.41 bits per heavy atom. The average Bonchev–Trinajstić information content (AvgIpc) is 2.36. The lowest BCUT2D eigenvalue weighted by Crippen LogP contribution is -2.49. The third kappa shape index (κ3) is 4.37. The van der Waals surface area contributed by atoms with E-state index in [0.717, 1.165) is 6.07 Å². The average molecular weight is 338 g/mol. The van der Waals surface area contributed by atoms with E-state index in [1.54, 1.807) is 0 Å². The summed E-state index contributed by atoms with van der Waals surface area (Å²) >= 11 is 5.63. The number of hydrogen-bond acceptors (Lipinski definition) is 2. The van der Waals surface area contributed by atoms with E-state index in [1.807, 2.05) is 5.32 Å². The summed E-state index contributed by atoms with van der Waals surface area (Å²) in [6, 6.07) is 1.94. The summed E-state index contributed by atoms with van der Waals surface area (Å²) < 4.78 is 38.6. The van der Waals surface area contributed by atoms with Crippen molar-refractivity contribution in [2.45, 2.75) is 38.2 Å². The van der Waals surface area contributed by atoms with Gasteiger partial charge in [-0.1, -0.05) is 17.7 Å². The lowest BCUT2D eigenvalue weighted by Gasteiger charge is -2.26. The second kappa shape index (κ2) is 7.00. The van der Waals surface area contributed by atoms with Crippen molar-refractivity contribution in [1.29, 1.82) is 0 Å². The fraction of sp³-hybridized carbons (Fsp3) is 0.429. The molecule has 22 heavy (non-hydrogen) atoms. The van der Waals surface area contributed by atoms with Gasteiger partial charge in [0, 0.05) is 17.0 Å². The summed E-state index contributed by atoms with van der Waals surface area (Å²) in [4.78, 5) is 23.1. The fourth-order valence-corrected chi connectivity index (χ4v) is 2.02. The summed E-state index contributed by atoms with van der Waals surface area (Å²) in [7, 11) is 0. The van der Waals surface area contributed by atoms with Gasteiger partial charge < -0.3 is 10.4 Å². The zero-order chi connectivity index (χ0) is 17.1.